The number of nitrogens with one attached hydrogen (secondary N) is 2. The molecule has 1 fully saturated rings. The van der Waals surface area contributed by atoms with E-state index in [0.717, 1.165) is 12.1 Å². The van der Waals surface area contributed by atoms with Gasteiger partial charge in [-0.1, -0.05) is 30.3 Å². The van der Waals surface area contributed by atoms with E-state index in [-0.39, 0.29) is 30.8 Å². The molecule has 1 saturated heterocycles. The molecule has 1 aliphatic rings. The van der Waals surface area contributed by atoms with Crippen LogP contribution in [0.5, 0.6) is 0 Å². The smallest absolute Gasteiger partial charge is 0.229 e. The van der Waals surface area contributed by atoms with Crippen LogP contribution in [0, 0.1) is 0 Å². The van der Waals surface area contributed by atoms with E-state index in [1.807, 2.05) is 30.3 Å². The van der Waals surface area contributed by atoms with Crippen LogP contribution < -0.4 is 10.6 Å². The van der Waals surface area contributed by atoms with Crippen LogP contribution in [0.3, 0.4) is 0 Å². The fourth-order valence-corrected chi connectivity index (χ4v) is 1.95. The Bertz CT molecular complexity index is 428. The number of ether oxygens (including phenoxy) is 1. The zero-order chi connectivity index (χ0) is 13.5. The lowest BCUT2D eigenvalue weighted by Gasteiger charge is -2.24. The van der Waals surface area contributed by atoms with Crippen molar-refractivity contribution in [1.82, 2.24) is 10.6 Å². The van der Waals surface area contributed by atoms with Crippen molar-refractivity contribution >= 4 is 11.7 Å². The molecule has 1 aliphatic heterocycles. The van der Waals surface area contributed by atoms with Crippen molar-refractivity contribution in [3.05, 3.63) is 35.9 Å². The topological polar surface area (TPSA) is 67.4 Å². The van der Waals surface area contributed by atoms with Crippen LogP contribution >= 0.6 is 0 Å². The first-order valence-corrected chi connectivity index (χ1v) is 6.41. The van der Waals surface area contributed by atoms with Gasteiger partial charge >= 0.3 is 0 Å². The largest absolute Gasteiger partial charge is 0.356 e. The SMILES string of the molecule is O=C(CC(=O)NC1CNCCO1)Cc1ccccc1. The molecule has 1 unspecified atom stereocenters. The highest BCUT2D eigenvalue weighted by Gasteiger charge is 2.17. The molecule has 1 aromatic carbocycles. The van der Waals surface area contributed by atoms with Gasteiger partial charge in [0.1, 0.15) is 12.0 Å². The first-order chi connectivity index (χ1) is 9.24. The van der Waals surface area contributed by atoms with E-state index in [1.165, 1.54) is 0 Å². The Labute approximate surface area is 112 Å². The molecule has 0 bridgehead atoms. The van der Waals surface area contributed by atoms with E-state index < -0.39 is 0 Å². The first-order valence-electron chi connectivity index (χ1n) is 6.41. The van der Waals surface area contributed by atoms with Gasteiger partial charge in [0.25, 0.3) is 0 Å². The third-order valence-electron chi connectivity index (χ3n) is 2.85. The molecule has 0 radical (unpaired) electrons. The second kappa shape index (κ2) is 7.01. The maximum atomic E-state index is 11.7. The number of rotatable bonds is 5. The van der Waals surface area contributed by atoms with Gasteiger partial charge in [0.05, 0.1) is 13.0 Å². The molecule has 0 spiro atoms. The number of hydrogen-bond acceptors (Lipinski definition) is 4. The Morgan fingerprint density at radius 2 is 2.11 bits per heavy atom. The Kier molecular flexibility index (Phi) is 5.06. The molecule has 5 nitrogen and oxygen atoms in total. The third-order valence-corrected chi connectivity index (χ3v) is 2.85. The number of hydrogen-bond donors (Lipinski definition) is 2. The zero-order valence-electron chi connectivity index (χ0n) is 10.7. The predicted molar refractivity (Wildman–Crippen MR) is 70.5 cm³/mol. The summed E-state index contributed by atoms with van der Waals surface area (Å²) < 4.78 is 5.34. The summed E-state index contributed by atoms with van der Waals surface area (Å²) in [6, 6.07) is 9.41. The van der Waals surface area contributed by atoms with E-state index in [2.05, 4.69) is 10.6 Å². The molecule has 0 saturated carbocycles. The van der Waals surface area contributed by atoms with Crippen molar-refractivity contribution in [1.29, 1.82) is 0 Å². The number of ketones is 1. The summed E-state index contributed by atoms with van der Waals surface area (Å²) >= 11 is 0. The maximum Gasteiger partial charge on any atom is 0.229 e. The third kappa shape index (κ3) is 4.81. The molecule has 1 heterocycles. The number of carbonyl (C=O) groups excluding carboxylic acids is 2. The minimum Gasteiger partial charge on any atom is -0.356 e. The van der Waals surface area contributed by atoms with E-state index in [9.17, 15) is 9.59 Å². The minimum absolute atomic E-state index is 0.0903. The maximum absolute atomic E-state index is 11.7. The number of morpholine rings is 1. The van der Waals surface area contributed by atoms with Crippen molar-refractivity contribution in [3.63, 3.8) is 0 Å². The highest BCUT2D eigenvalue weighted by molar-refractivity contribution is 5.98. The molecule has 1 amide bonds. The molecule has 1 aromatic rings. The van der Waals surface area contributed by atoms with Gasteiger partial charge in [-0.05, 0) is 5.56 Å². The van der Waals surface area contributed by atoms with Gasteiger partial charge in [0.15, 0.2) is 0 Å². The number of carbonyl (C=O) groups is 2. The molecular formula is C14H18N2O3. The molecule has 5 heteroatoms. The van der Waals surface area contributed by atoms with Crippen LogP contribution in [-0.4, -0.2) is 37.6 Å². The monoisotopic (exact) mass is 262 g/mol. The average Bonchev–Trinajstić information content (AvgIpc) is 2.40. The lowest BCUT2D eigenvalue weighted by molar-refractivity contribution is -0.131. The van der Waals surface area contributed by atoms with Gasteiger partial charge in [-0.25, -0.2) is 0 Å². The van der Waals surface area contributed by atoms with Gasteiger partial charge in [-0.15, -0.1) is 0 Å². The molecule has 2 rings (SSSR count). The van der Waals surface area contributed by atoms with Crippen molar-refractivity contribution in [2.24, 2.45) is 0 Å². The first kappa shape index (κ1) is 13.7. The van der Waals surface area contributed by atoms with E-state index >= 15 is 0 Å². The molecule has 19 heavy (non-hydrogen) atoms. The van der Waals surface area contributed by atoms with Gasteiger partial charge in [0, 0.05) is 19.5 Å². The van der Waals surface area contributed by atoms with Crippen LogP contribution in [0.1, 0.15) is 12.0 Å². The predicted octanol–water partition coefficient (Wildman–Crippen LogP) is 0.250. The highest BCUT2D eigenvalue weighted by Crippen LogP contribution is 2.02. The second-order valence-electron chi connectivity index (χ2n) is 4.51. The fraction of sp³-hybridized carbons (Fsp3) is 0.429. The van der Waals surface area contributed by atoms with Gasteiger partial charge in [-0.3, -0.25) is 9.59 Å². The number of Topliss-reactive ketones (excluding diaryl/α,β-unsaturated/α-hetero) is 1. The van der Waals surface area contributed by atoms with Crippen LogP contribution in [0.4, 0.5) is 0 Å². The summed E-state index contributed by atoms with van der Waals surface area (Å²) in [6.45, 7) is 1.95. The Balaban J connectivity index is 1.74. The van der Waals surface area contributed by atoms with E-state index in [1.54, 1.807) is 0 Å². The van der Waals surface area contributed by atoms with Crippen LogP contribution in [0.25, 0.3) is 0 Å². The quantitative estimate of drug-likeness (QED) is 0.747. The van der Waals surface area contributed by atoms with Crippen LogP contribution in [-0.2, 0) is 20.7 Å². The minimum atomic E-state index is -0.328. The van der Waals surface area contributed by atoms with Crippen molar-refractivity contribution in [3.8, 4) is 0 Å². The average molecular weight is 262 g/mol. The van der Waals surface area contributed by atoms with Gasteiger partial charge in [0.2, 0.25) is 5.91 Å². The summed E-state index contributed by atoms with van der Waals surface area (Å²) in [6.07, 6.45) is -0.141. The highest BCUT2D eigenvalue weighted by atomic mass is 16.5. The summed E-state index contributed by atoms with van der Waals surface area (Å²) in [5.41, 5.74) is 0.927. The normalized spacial score (nSPS) is 18.8. The molecule has 0 aromatic heterocycles. The van der Waals surface area contributed by atoms with E-state index in [4.69, 9.17) is 4.74 Å². The van der Waals surface area contributed by atoms with Crippen molar-refractivity contribution in [2.75, 3.05) is 19.7 Å². The van der Waals surface area contributed by atoms with Crippen LogP contribution in [0.15, 0.2) is 30.3 Å². The Morgan fingerprint density at radius 1 is 1.32 bits per heavy atom. The van der Waals surface area contributed by atoms with Gasteiger partial charge in [-0.2, -0.15) is 0 Å². The molecule has 1 atom stereocenters. The fourth-order valence-electron chi connectivity index (χ4n) is 1.95. The number of amides is 1. The summed E-state index contributed by atoms with van der Waals surface area (Å²) in [5, 5.41) is 5.80. The summed E-state index contributed by atoms with van der Waals surface area (Å²) in [7, 11) is 0. The lowest BCUT2D eigenvalue weighted by Crippen LogP contribution is -2.49. The number of benzene rings is 1. The molecule has 0 aliphatic carbocycles. The van der Waals surface area contributed by atoms with Crippen LogP contribution in [0.2, 0.25) is 0 Å². The second-order valence-corrected chi connectivity index (χ2v) is 4.51. The Morgan fingerprint density at radius 3 is 2.79 bits per heavy atom. The summed E-state index contributed by atoms with van der Waals surface area (Å²) in [4.78, 5) is 23.4. The van der Waals surface area contributed by atoms with E-state index in [0.29, 0.717) is 13.2 Å². The van der Waals surface area contributed by atoms with Crippen molar-refractivity contribution in [2.45, 2.75) is 19.1 Å². The Hall–Kier alpha value is -1.72. The van der Waals surface area contributed by atoms with Gasteiger partial charge < -0.3 is 15.4 Å². The molecular weight excluding hydrogens is 244 g/mol. The zero-order valence-corrected chi connectivity index (χ0v) is 10.7. The standard InChI is InChI=1S/C14H18N2O3/c17-12(8-11-4-2-1-3-5-11)9-13(18)16-14-10-15-6-7-19-14/h1-5,14-15H,6-10H2,(H,16,18). The lowest BCUT2D eigenvalue weighted by atomic mass is 10.1. The molecule has 2 N–H and O–H groups in total. The van der Waals surface area contributed by atoms with Crippen molar-refractivity contribution < 1.29 is 14.3 Å². The summed E-state index contributed by atoms with van der Waals surface area (Å²) in [5.74, 6) is -0.373. The molecule has 102 valence electrons.